The van der Waals surface area contributed by atoms with Gasteiger partial charge in [-0.1, -0.05) is 36.4 Å². The van der Waals surface area contributed by atoms with Crippen molar-refractivity contribution in [2.75, 3.05) is 20.8 Å². The Morgan fingerprint density at radius 2 is 1.75 bits per heavy atom. The first-order chi connectivity index (χ1) is 11.6. The summed E-state index contributed by atoms with van der Waals surface area (Å²) in [7, 11) is 3.21. The van der Waals surface area contributed by atoms with E-state index in [0.29, 0.717) is 30.9 Å². The quantitative estimate of drug-likeness (QED) is 0.776. The van der Waals surface area contributed by atoms with E-state index in [1.165, 1.54) is 0 Å². The molecule has 0 aliphatic carbocycles. The topological polar surface area (TPSA) is 73.6 Å². The Balaban J connectivity index is 1.82. The number of hydrogen-bond donors (Lipinski definition) is 2. The summed E-state index contributed by atoms with van der Waals surface area (Å²) in [5.74, 6) is 1.23. The lowest BCUT2D eigenvalue weighted by atomic mass is 10.1. The second kappa shape index (κ2) is 8.93. The van der Waals surface area contributed by atoms with Gasteiger partial charge in [0.15, 0.2) is 11.5 Å². The average Bonchev–Trinajstić information content (AvgIpc) is 2.62. The van der Waals surface area contributed by atoms with Crippen molar-refractivity contribution in [3.8, 4) is 11.5 Å². The maximum absolute atomic E-state index is 12.1. The third kappa shape index (κ3) is 4.99. The van der Waals surface area contributed by atoms with Crippen molar-refractivity contribution in [3.05, 3.63) is 59.7 Å². The molecular formula is C19H24N2O3. The molecule has 128 valence electrons. The van der Waals surface area contributed by atoms with Crippen LogP contribution in [0.4, 0.5) is 0 Å². The third-order valence-electron chi connectivity index (χ3n) is 3.80. The summed E-state index contributed by atoms with van der Waals surface area (Å²) in [6, 6.07) is 14.9. The molecule has 1 amide bonds. The molecule has 2 rings (SSSR count). The molecule has 0 saturated carbocycles. The molecule has 0 radical (unpaired) electrons. The van der Waals surface area contributed by atoms with Crippen LogP contribution < -0.4 is 20.5 Å². The van der Waals surface area contributed by atoms with E-state index < -0.39 is 6.04 Å². The van der Waals surface area contributed by atoms with E-state index in [1.54, 1.807) is 14.2 Å². The van der Waals surface area contributed by atoms with Crippen LogP contribution in [0.5, 0.6) is 11.5 Å². The molecule has 24 heavy (non-hydrogen) atoms. The SMILES string of the molecule is COc1ccc(CCNC(=O)C(N)Cc2ccccc2)cc1OC. The van der Waals surface area contributed by atoms with Gasteiger partial charge in [-0.2, -0.15) is 0 Å². The minimum atomic E-state index is -0.544. The van der Waals surface area contributed by atoms with Crippen LogP contribution in [0, 0.1) is 0 Å². The Bertz CT molecular complexity index is 659. The molecule has 1 atom stereocenters. The zero-order chi connectivity index (χ0) is 17.4. The van der Waals surface area contributed by atoms with E-state index in [9.17, 15) is 4.79 Å². The summed E-state index contributed by atoms with van der Waals surface area (Å²) < 4.78 is 10.5. The normalized spacial score (nSPS) is 11.6. The van der Waals surface area contributed by atoms with Gasteiger partial charge in [0, 0.05) is 6.54 Å². The highest BCUT2D eigenvalue weighted by molar-refractivity contribution is 5.81. The van der Waals surface area contributed by atoms with Gasteiger partial charge >= 0.3 is 0 Å². The Morgan fingerprint density at radius 3 is 2.42 bits per heavy atom. The predicted octanol–water partition coefficient (Wildman–Crippen LogP) is 1.93. The van der Waals surface area contributed by atoms with Crippen molar-refractivity contribution in [3.63, 3.8) is 0 Å². The number of carbonyl (C=O) groups excluding carboxylic acids is 1. The number of amides is 1. The Kier molecular flexibility index (Phi) is 6.63. The van der Waals surface area contributed by atoms with Gasteiger partial charge in [0.1, 0.15) is 0 Å². The van der Waals surface area contributed by atoms with Crippen molar-refractivity contribution in [1.82, 2.24) is 5.32 Å². The lowest BCUT2D eigenvalue weighted by Gasteiger charge is -2.13. The second-order valence-electron chi connectivity index (χ2n) is 5.53. The van der Waals surface area contributed by atoms with E-state index in [4.69, 9.17) is 15.2 Å². The van der Waals surface area contributed by atoms with Crippen molar-refractivity contribution < 1.29 is 14.3 Å². The van der Waals surface area contributed by atoms with Crippen LogP contribution in [-0.2, 0) is 17.6 Å². The number of methoxy groups -OCH3 is 2. The van der Waals surface area contributed by atoms with E-state index >= 15 is 0 Å². The van der Waals surface area contributed by atoms with Crippen LogP contribution in [0.25, 0.3) is 0 Å². The number of benzene rings is 2. The lowest BCUT2D eigenvalue weighted by Crippen LogP contribution is -2.42. The van der Waals surface area contributed by atoms with E-state index in [2.05, 4.69) is 5.32 Å². The predicted molar refractivity (Wildman–Crippen MR) is 94.4 cm³/mol. The highest BCUT2D eigenvalue weighted by Gasteiger charge is 2.13. The monoisotopic (exact) mass is 328 g/mol. The van der Waals surface area contributed by atoms with E-state index in [0.717, 1.165) is 11.1 Å². The van der Waals surface area contributed by atoms with Crippen LogP contribution >= 0.6 is 0 Å². The minimum absolute atomic E-state index is 0.140. The summed E-state index contributed by atoms with van der Waals surface area (Å²) in [5.41, 5.74) is 8.08. The van der Waals surface area contributed by atoms with Gasteiger partial charge in [0.05, 0.1) is 20.3 Å². The van der Waals surface area contributed by atoms with Crippen LogP contribution in [0.1, 0.15) is 11.1 Å². The number of ether oxygens (including phenoxy) is 2. The maximum atomic E-state index is 12.1. The summed E-state index contributed by atoms with van der Waals surface area (Å²) in [6.07, 6.45) is 1.23. The van der Waals surface area contributed by atoms with Crippen molar-refractivity contribution in [2.45, 2.75) is 18.9 Å². The first-order valence-corrected chi connectivity index (χ1v) is 7.92. The van der Waals surface area contributed by atoms with Crippen LogP contribution in [0.2, 0.25) is 0 Å². The highest BCUT2D eigenvalue weighted by Crippen LogP contribution is 2.27. The molecule has 5 nitrogen and oxygen atoms in total. The van der Waals surface area contributed by atoms with E-state index in [-0.39, 0.29) is 5.91 Å². The number of nitrogens with two attached hydrogens (primary N) is 1. The fourth-order valence-electron chi connectivity index (χ4n) is 2.46. The molecule has 1 unspecified atom stereocenters. The number of nitrogens with one attached hydrogen (secondary N) is 1. The number of hydrogen-bond acceptors (Lipinski definition) is 4. The number of carbonyl (C=O) groups is 1. The molecule has 0 aliphatic heterocycles. The van der Waals surface area contributed by atoms with Gasteiger partial charge in [-0.05, 0) is 36.1 Å². The fraction of sp³-hybridized carbons (Fsp3) is 0.316. The van der Waals surface area contributed by atoms with Gasteiger partial charge in [-0.15, -0.1) is 0 Å². The van der Waals surface area contributed by atoms with Crippen LogP contribution in [-0.4, -0.2) is 32.7 Å². The molecule has 0 heterocycles. The molecule has 0 saturated heterocycles. The average molecular weight is 328 g/mol. The van der Waals surface area contributed by atoms with Crippen molar-refractivity contribution >= 4 is 5.91 Å². The molecule has 0 spiro atoms. The molecule has 0 fully saturated rings. The molecule has 2 aromatic carbocycles. The van der Waals surface area contributed by atoms with Gasteiger partial charge in [-0.3, -0.25) is 4.79 Å². The van der Waals surface area contributed by atoms with Gasteiger partial charge in [0.25, 0.3) is 0 Å². The standard InChI is InChI=1S/C19H24N2O3/c1-23-17-9-8-15(13-18(17)24-2)10-11-21-19(22)16(20)12-14-6-4-3-5-7-14/h3-9,13,16H,10-12,20H2,1-2H3,(H,21,22). The molecule has 0 bridgehead atoms. The summed E-state index contributed by atoms with van der Waals surface area (Å²) in [4.78, 5) is 12.1. The van der Waals surface area contributed by atoms with Crippen LogP contribution in [0.15, 0.2) is 48.5 Å². The fourth-order valence-corrected chi connectivity index (χ4v) is 2.46. The first kappa shape index (κ1) is 17.8. The third-order valence-corrected chi connectivity index (χ3v) is 3.80. The van der Waals surface area contributed by atoms with Crippen molar-refractivity contribution in [2.24, 2.45) is 5.73 Å². The largest absolute Gasteiger partial charge is 0.493 e. The Labute approximate surface area is 142 Å². The van der Waals surface area contributed by atoms with Gasteiger partial charge in [0.2, 0.25) is 5.91 Å². The molecule has 0 aliphatic rings. The molecule has 0 aromatic heterocycles. The smallest absolute Gasteiger partial charge is 0.237 e. The first-order valence-electron chi connectivity index (χ1n) is 7.92. The Morgan fingerprint density at radius 1 is 1.04 bits per heavy atom. The summed E-state index contributed by atoms with van der Waals surface area (Å²) in [6.45, 7) is 0.525. The lowest BCUT2D eigenvalue weighted by molar-refractivity contribution is -0.122. The summed E-state index contributed by atoms with van der Waals surface area (Å²) in [5, 5.41) is 2.88. The summed E-state index contributed by atoms with van der Waals surface area (Å²) >= 11 is 0. The Hall–Kier alpha value is -2.53. The van der Waals surface area contributed by atoms with Gasteiger partial charge < -0.3 is 20.5 Å². The molecule has 3 N–H and O–H groups in total. The number of rotatable bonds is 8. The zero-order valence-electron chi connectivity index (χ0n) is 14.1. The minimum Gasteiger partial charge on any atom is -0.493 e. The van der Waals surface area contributed by atoms with Gasteiger partial charge in [-0.25, -0.2) is 0 Å². The second-order valence-corrected chi connectivity index (χ2v) is 5.53. The molecular weight excluding hydrogens is 304 g/mol. The zero-order valence-corrected chi connectivity index (χ0v) is 14.1. The highest BCUT2D eigenvalue weighted by atomic mass is 16.5. The van der Waals surface area contributed by atoms with Crippen LogP contribution in [0.3, 0.4) is 0 Å². The molecule has 5 heteroatoms. The van der Waals surface area contributed by atoms with E-state index in [1.807, 2.05) is 48.5 Å². The van der Waals surface area contributed by atoms with Crippen molar-refractivity contribution in [1.29, 1.82) is 0 Å². The maximum Gasteiger partial charge on any atom is 0.237 e. The molecule has 2 aromatic rings.